The maximum absolute atomic E-state index is 6.13. The average molecular weight is 226 g/mol. The smallest absolute Gasteiger partial charge is 0.0944 e. The van der Waals surface area contributed by atoms with Crippen LogP contribution in [0.3, 0.4) is 0 Å². The van der Waals surface area contributed by atoms with Crippen LogP contribution in [0.5, 0.6) is 0 Å². The maximum atomic E-state index is 6.13. The molecule has 2 rings (SSSR count). The molecule has 2 N–H and O–H groups in total. The quantitative estimate of drug-likeness (QED) is 0.856. The van der Waals surface area contributed by atoms with Crippen LogP contribution < -0.4 is 5.73 Å². The van der Waals surface area contributed by atoms with Gasteiger partial charge < -0.3 is 10.5 Å². The van der Waals surface area contributed by atoms with Crippen LogP contribution in [0.4, 0.5) is 0 Å². The van der Waals surface area contributed by atoms with Crippen molar-refractivity contribution in [3.05, 3.63) is 16.1 Å². The van der Waals surface area contributed by atoms with Crippen molar-refractivity contribution in [1.29, 1.82) is 0 Å². The lowest BCUT2D eigenvalue weighted by Crippen LogP contribution is -2.40. The lowest BCUT2D eigenvalue weighted by atomic mass is 10.0. The molecular weight excluding hydrogens is 208 g/mol. The van der Waals surface area contributed by atoms with Gasteiger partial charge in [0.25, 0.3) is 0 Å². The molecule has 0 radical (unpaired) electrons. The highest BCUT2D eigenvalue weighted by molar-refractivity contribution is 7.09. The monoisotopic (exact) mass is 226 g/mol. The van der Waals surface area contributed by atoms with E-state index >= 15 is 0 Å². The van der Waals surface area contributed by atoms with E-state index in [1.807, 2.05) is 6.92 Å². The topological polar surface area (TPSA) is 48.1 Å². The molecule has 1 aliphatic rings. The molecule has 84 valence electrons. The van der Waals surface area contributed by atoms with Crippen molar-refractivity contribution in [2.24, 2.45) is 5.73 Å². The van der Waals surface area contributed by atoms with Crippen LogP contribution in [0.1, 0.15) is 30.0 Å². The maximum Gasteiger partial charge on any atom is 0.0944 e. The second-order valence-corrected chi connectivity index (χ2v) is 5.10. The largest absolute Gasteiger partial charge is 0.377 e. The van der Waals surface area contributed by atoms with Crippen molar-refractivity contribution >= 4 is 11.3 Å². The Morgan fingerprint density at radius 1 is 1.67 bits per heavy atom. The Bertz CT molecular complexity index is 307. The molecule has 1 aliphatic heterocycles. The zero-order valence-electron chi connectivity index (χ0n) is 9.11. The number of hydrogen-bond acceptors (Lipinski definition) is 4. The Morgan fingerprint density at radius 3 is 3.13 bits per heavy atom. The molecule has 0 aliphatic carbocycles. The fraction of sp³-hybridized carbons (Fsp3) is 0.727. The zero-order valence-corrected chi connectivity index (χ0v) is 9.93. The molecular formula is C11H18N2OS. The number of nitrogens with two attached hydrogens (primary N) is 1. The summed E-state index contributed by atoms with van der Waals surface area (Å²) in [5.41, 5.74) is 7.22. The highest BCUT2D eigenvalue weighted by atomic mass is 32.1. The summed E-state index contributed by atoms with van der Waals surface area (Å²) in [7, 11) is 0. The van der Waals surface area contributed by atoms with Gasteiger partial charge in [-0.3, -0.25) is 0 Å². The van der Waals surface area contributed by atoms with Crippen LogP contribution in [0.15, 0.2) is 5.38 Å². The molecule has 1 saturated heterocycles. The van der Waals surface area contributed by atoms with E-state index in [1.54, 1.807) is 11.3 Å². The number of nitrogens with zero attached hydrogens (tertiary/aromatic N) is 1. The molecule has 0 bridgehead atoms. The first-order valence-electron chi connectivity index (χ1n) is 5.54. The van der Waals surface area contributed by atoms with Crippen molar-refractivity contribution < 1.29 is 4.74 Å². The minimum absolute atomic E-state index is 0.107. The van der Waals surface area contributed by atoms with Crippen LogP contribution in [0, 0.1) is 6.92 Å². The highest BCUT2D eigenvalue weighted by Crippen LogP contribution is 2.18. The number of thiazole rings is 1. The summed E-state index contributed by atoms with van der Waals surface area (Å²) >= 11 is 1.70. The van der Waals surface area contributed by atoms with E-state index in [9.17, 15) is 0 Å². The molecule has 4 heteroatoms. The third-order valence-corrected chi connectivity index (χ3v) is 3.76. The van der Waals surface area contributed by atoms with Crippen LogP contribution in [0.25, 0.3) is 0 Å². The molecule has 1 aromatic rings. The third kappa shape index (κ3) is 3.00. The second kappa shape index (κ2) is 5.05. The molecule has 0 saturated carbocycles. The van der Waals surface area contributed by atoms with Crippen LogP contribution in [0.2, 0.25) is 0 Å². The lowest BCUT2D eigenvalue weighted by Gasteiger charge is -2.27. The summed E-state index contributed by atoms with van der Waals surface area (Å²) < 4.78 is 5.67. The lowest BCUT2D eigenvalue weighted by molar-refractivity contribution is 0.000624. The van der Waals surface area contributed by atoms with Crippen molar-refractivity contribution in [2.45, 2.75) is 44.8 Å². The first-order valence-corrected chi connectivity index (χ1v) is 6.42. The molecule has 1 aromatic heterocycles. The van der Waals surface area contributed by atoms with Gasteiger partial charge in [0, 0.05) is 30.1 Å². The number of hydrogen-bond donors (Lipinski definition) is 1. The van der Waals surface area contributed by atoms with E-state index in [0.717, 1.165) is 30.2 Å². The molecule has 15 heavy (non-hydrogen) atoms. The second-order valence-electron chi connectivity index (χ2n) is 4.16. The number of ether oxygens (including phenoxy) is 1. The van der Waals surface area contributed by atoms with E-state index in [-0.39, 0.29) is 12.1 Å². The van der Waals surface area contributed by atoms with Crippen molar-refractivity contribution in [2.75, 3.05) is 6.61 Å². The summed E-state index contributed by atoms with van der Waals surface area (Å²) in [5.74, 6) is 0. The Kier molecular flexibility index (Phi) is 3.72. The summed E-state index contributed by atoms with van der Waals surface area (Å²) in [6.45, 7) is 2.89. The van der Waals surface area contributed by atoms with Crippen LogP contribution in [-0.4, -0.2) is 23.7 Å². The van der Waals surface area contributed by atoms with Crippen molar-refractivity contribution in [1.82, 2.24) is 4.98 Å². The summed E-state index contributed by atoms with van der Waals surface area (Å²) in [4.78, 5) is 4.43. The van der Waals surface area contributed by atoms with Gasteiger partial charge in [-0.1, -0.05) is 0 Å². The summed E-state index contributed by atoms with van der Waals surface area (Å²) in [6, 6.07) is 0.107. The molecule has 0 amide bonds. The summed E-state index contributed by atoms with van der Waals surface area (Å²) in [5, 5.41) is 3.21. The van der Waals surface area contributed by atoms with Gasteiger partial charge in [0.1, 0.15) is 0 Å². The van der Waals surface area contributed by atoms with Crippen LogP contribution >= 0.6 is 11.3 Å². The van der Waals surface area contributed by atoms with Gasteiger partial charge in [0.05, 0.1) is 11.1 Å². The first kappa shape index (κ1) is 11.0. The van der Waals surface area contributed by atoms with Gasteiger partial charge in [-0.15, -0.1) is 11.3 Å². The van der Waals surface area contributed by atoms with E-state index in [1.165, 1.54) is 12.8 Å². The van der Waals surface area contributed by atoms with Gasteiger partial charge in [0.15, 0.2) is 0 Å². The van der Waals surface area contributed by atoms with E-state index in [4.69, 9.17) is 10.5 Å². The highest BCUT2D eigenvalue weighted by Gasteiger charge is 2.22. The molecule has 3 nitrogen and oxygen atoms in total. The van der Waals surface area contributed by atoms with Gasteiger partial charge in [-0.05, 0) is 26.2 Å². The minimum atomic E-state index is 0.107. The minimum Gasteiger partial charge on any atom is -0.377 e. The van der Waals surface area contributed by atoms with Gasteiger partial charge >= 0.3 is 0 Å². The fourth-order valence-corrected chi connectivity index (χ4v) is 2.78. The summed E-state index contributed by atoms with van der Waals surface area (Å²) in [6.07, 6.45) is 4.62. The number of aromatic nitrogens is 1. The van der Waals surface area contributed by atoms with Gasteiger partial charge in [-0.2, -0.15) is 0 Å². The normalized spacial score (nSPS) is 24.0. The van der Waals surface area contributed by atoms with Gasteiger partial charge in [-0.25, -0.2) is 4.98 Å². The van der Waals surface area contributed by atoms with E-state index in [2.05, 4.69) is 10.4 Å². The molecule has 0 spiro atoms. The fourth-order valence-electron chi connectivity index (χ4n) is 1.93. The van der Waals surface area contributed by atoms with Crippen molar-refractivity contribution in [3.8, 4) is 0 Å². The predicted molar refractivity (Wildman–Crippen MR) is 62.1 cm³/mol. The van der Waals surface area contributed by atoms with E-state index in [0.29, 0.717) is 0 Å². The number of rotatable bonds is 3. The Labute approximate surface area is 94.7 Å². The predicted octanol–water partition coefficient (Wildman–Crippen LogP) is 1.89. The van der Waals surface area contributed by atoms with Gasteiger partial charge in [0.2, 0.25) is 0 Å². The first-order chi connectivity index (χ1) is 7.25. The Balaban J connectivity index is 1.88. The SMILES string of the molecule is Cc1csc(CC(N)C2CCCCO2)n1. The molecule has 2 unspecified atom stereocenters. The molecule has 2 atom stereocenters. The average Bonchev–Trinajstić information content (AvgIpc) is 2.65. The molecule has 0 aromatic carbocycles. The molecule has 2 heterocycles. The zero-order chi connectivity index (χ0) is 10.7. The standard InChI is InChI=1S/C11H18N2OS/c1-8-7-15-11(13-8)6-9(12)10-4-2-3-5-14-10/h7,9-10H,2-6,12H2,1H3. The van der Waals surface area contributed by atoms with E-state index < -0.39 is 0 Å². The van der Waals surface area contributed by atoms with Crippen LogP contribution in [-0.2, 0) is 11.2 Å². The Hall–Kier alpha value is -0.450. The van der Waals surface area contributed by atoms with Crippen molar-refractivity contribution in [3.63, 3.8) is 0 Å². The number of aryl methyl sites for hydroxylation is 1. The molecule has 1 fully saturated rings. The third-order valence-electron chi connectivity index (χ3n) is 2.77. The Morgan fingerprint density at radius 2 is 2.53 bits per heavy atom.